The van der Waals surface area contributed by atoms with Gasteiger partial charge in [0.2, 0.25) is 18.1 Å². The van der Waals surface area contributed by atoms with Gasteiger partial charge in [0.1, 0.15) is 22.6 Å². The van der Waals surface area contributed by atoms with E-state index < -0.39 is 42.4 Å². The third-order valence-corrected chi connectivity index (χ3v) is 5.97. The third-order valence-electron chi connectivity index (χ3n) is 5.97. The summed E-state index contributed by atoms with van der Waals surface area (Å²) in [6.45, 7) is 6.85. The molecule has 1 aliphatic rings. The molecule has 210 valence electrons. The number of ketones is 1. The third kappa shape index (κ3) is 6.67. The zero-order chi connectivity index (χ0) is 28.3. The summed E-state index contributed by atoms with van der Waals surface area (Å²) in [6.07, 6.45) is -0.552. The number of carbonyl (C=O) groups is 2. The van der Waals surface area contributed by atoms with Crippen molar-refractivity contribution in [2.75, 3.05) is 18.5 Å². The fraction of sp³-hybridized carbons (Fsp3) is 0.481. The smallest absolute Gasteiger partial charge is 0.412 e. The lowest BCUT2D eigenvalue weighted by molar-refractivity contribution is -0.0369. The minimum Gasteiger partial charge on any atom is -0.477 e. The molecule has 3 aromatic rings. The van der Waals surface area contributed by atoms with Gasteiger partial charge in [-0.15, -0.1) is 0 Å². The van der Waals surface area contributed by atoms with Crippen LogP contribution in [0.15, 0.2) is 24.4 Å². The van der Waals surface area contributed by atoms with Crippen LogP contribution in [0.3, 0.4) is 0 Å². The van der Waals surface area contributed by atoms with Gasteiger partial charge in [-0.25, -0.2) is 27.6 Å². The second kappa shape index (κ2) is 11.6. The molecule has 1 aliphatic heterocycles. The molecule has 39 heavy (non-hydrogen) atoms. The van der Waals surface area contributed by atoms with Gasteiger partial charge in [0, 0.05) is 29.5 Å². The second-order valence-electron chi connectivity index (χ2n) is 10.3. The minimum absolute atomic E-state index is 0.0217. The molecule has 1 amide bonds. The van der Waals surface area contributed by atoms with Crippen LogP contribution in [0.5, 0.6) is 5.88 Å². The largest absolute Gasteiger partial charge is 0.477 e. The SMILES string of the molecule is Cc1cc(NC(=O)OC(C)(C)C)c(C(=O)c2ccc(F)c3c2cnn3C2CCCCO2)nc1OCCC(F)F. The summed E-state index contributed by atoms with van der Waals surface area (Å²) >= 11 is 0. The van der Waals surface area contributed by atoms with Gasteiger partial charge in [-0.2, -0.15) is 5.10 Å². The quantitative estimate of drug-likeness (QED) is 0.335. The summed E-state index contributed by atoms with van der Waals surface area (Å²) in [7, 11) is 0. The van der Waals surface area contributed by atoms with Crippen molar-refractivity contribution in [3.05, 3.63) is 47.0 Å². The summed E-state index contributed by atoms with van der Waals surface area (Å²) in [5.41, 5.74) is -0.432. The Balaban J connectivity index is 1.76. The van der Waals surface area contributed by atoms with Crippen molar-refractivity contribution in [3.63, 3.8) is 0 Å². The van der Waals surface area contributed by atoms with E-state index in [4.69, 9.17) is 14.2 Å². The predicted molar refractivity (Wildman–Crippen MR) is 137 cm³/mol. The number of ether oxygens (including phenoxy) is 3. The van der Waals surface area contributed by atoms with Gasteiger partial charge in [0.25, 0.3) is 0 Å². The fourth-order valence-electron chi connectivity index (χ4n) is 4.25. The summed E-state index contributed by atoms with van der Waals surface area (Å²) < 4.78 is 58.3. The van der Waals surface area contributed by atoms with E-state index in [0.29, 0.717) is 18.6 Å². The van der Waals surface area contributed by atoms with E-state index in [1.54, 1.807) is 27.7 Å². The number of hydrogen-bond acceptors (Lipinski definition) is 7. The molecular formula is C27H31F3N4O5. The van der Waals surface area contributed by atoms with Crippen molar-refractivity contribution >= 4 is 28.5 Å². The van der Waals surface area contributed by atoms with Crippen molar-refractivity contribution < 1.29 is 37.0 Å². The van der Waals surface area contributed by atoms with Crippen molar-refractivity contribution in [3.8, 4) is 5.88 Å². The number of pyridine rings is 1. The molecule has 0 aliphatic carbocycles. The van der Waals surface area contributed by atoms with Gasteiger partial charge in [0.15, 0.2) is 6.23 Å². The first-order valence-electron chi connectivity index (χ1n) is 12.7. The topological polar surface area (TPSA) is 105 Å². The molecule has 0 saturated carbocycles. The first-order valence-corrected chi connectivity index (χ1v) is 12.7. The highest BCUT2D eigenvalue weighted by Crippen LogP contribution is 2.32. The monoisotopic (exact) mass is 548 g/mol. The van der Waals surface area contributed by atoms with E-state index >= 15 is 4.39 Å². The Hall–Kier alpha value is -3.67. The van der Waals surface area contributed by atoms with E-state index in [1.807, 2.05) is 0 Å². The number of benzene rings is 1. The second-order valence-corrected chi connectivity index (χ2v) is 10.3. The molecule has 2 aromatic heterocycles. The van der Waals surface area contributed by atoms with E-state index in [0.717, 1.165) is 18.9 Å². The Morgan fingerprint density at radius 1 is 1.26 bits per heavy atom. The lowest BCUT2D eigenvalue weighted by Gasteiger charge is -2.23. The van der Waals surface area contributed by atoms with Crippen LogP contribution in [0.25, 0.3) is 10.9 Å². The Morgan fingerprint density at radius 2 is 2.03 bits per heavy atom. The molecule has 4 rings (SSSR count). The maximum absolute atomic E-state index is 15.0. The number of amides is 1. The Kier molecular flexibility index (Phi) is 8.43. The van der Waals surface area contributed by atoms with Crippen molar-refractivity contribution in [1.29, 1.82) is 0 Å². The van der Waals surface area contributed by atoms with E-state index in [9.17, 15) is 18.4 Å². The number of rotatable bonds is 8. The molecule has 1 atom stereocenters. The number of carbonyl (C=O) groups excluding carboxylic acids is 2. The van der Waals surface area contributed by atoms with Crippen LogP contribution in [-0.4, -0.2) is 51.9 Å². The maximum Gasteiger partial charge on any atom is 0.412 e. The van der Waals surface area contributed by atoms with E-state index in [1.165, 1.54) is 23.0 Å². The lowest BCUT2D eigenvalue weighted by atomic mass is 10.0. The standard InChI is InChI=1S/C27H31F3N4O5/c1-15-13-19(32-26(36)39-27(2,3)4)22(33-25(15)38-12-10-20(29)30)24(35)16-8-9-18(28)23-17(16)14-31-34(23)21-7-5-6-11-37-21/h8-9,13-14,20-21H,5-7,10-12H2,1-4H3,(H,32,36). The Morgan fingerprint density at radius 3 is 2.69 bits per heavy atom. The predicted octanol–water partition coefficient (Wildman–Crippen LogP) is 6.19. The molecule has 1 unspecified atom stereocenters. The van der Waals surface area contributed by atoms with Gasteiger partial charge >= 0.3 is 6.09 Å². The number of alkyl halides is 2. The summed E-state index contributed by atoms with van der Waals surface area (Å²) in [5.74, 6) is -1.28. The fourth-order valence-corrected chi connectivity index (χ4v) is 4.25. The maximum atomic E-state index is 15.0. The first-order chi connectivity index (χ1) is 18.4. The molecule has 9 nitrogen and oxygen atoms in total. The number of aryl methyl sites for hydroxylation is 1. The van der Waals surface area contributed by atoms with Crippen LogP contribution in [0.2, 0.25) is 0 Å². The van der Waals surface area contributed by atoms with E-state index in [2.05, 4.69) is 15.4 Å². The summed E-state index contributed by atoms with van der Waals surface area (Å²) in [5, 5.41) is 7.09. The molecule has 3 heterocycles. The van der Waals surface area contributed by atoms with Crippen molar-refractivity contribution in [1.82, 2.24) is 14.8 Å². The molecule has 1 saturated heterocycles. The van der Waals surface area contributed by atoms with Crippen molar-refractivity contribution in [2.24, 2.45) is 0 Å². The number of anilines is 1. The molecule has 0 radical (unpaired) electrons. The molecule has 0 spiro atoms. The Labute approximate surface area is 223 Å². The van der Waals surface area contributed by atoms with Gasteiger partial charge in [-0.3, -0.25) is 10.1 Å². The van der Waals surface area contributed by atoms with Gasteiger partial charge in [-0.05, 0) is 65.2 Å². The molecular weight excluding hydrogens is 517 g/mol. The Bertz CT molecular complexity index is 1360. The number of hydrogen-bond donors (Lipinski definition) is 1. The van der Waals surface area contributed by atoms with Gasteiger partial charge < -0.3 is 14.2 Å². The van der Waals surface area contributed by atoms with Crippen LogP contribution in [-0.2, 0) is 9.47 Å². The zero-order valence-electron chi connectivity index (χ0n) is 22.2. The van der Waals surface area contributed by atoms with Crippen molar-refractivity contribution in [2.45, 2.75) is 71.6 Å². The molecule has 12 heteroatoms. The highest BCUT2D eigenvalue weighted by molar-refractivity contribution is 6.18. The zero-order valence-corrected chi connectivity index (χ0v) is 22.2. The summed E-state index contributed by atoms with van der Waals surface area (Å²) in [4.78, 5) is 30.7. The van der Waals surface area contributed by atoms with Gasteiger partial charge in [-0.1, -0.05) is 0 Å². The lowest BCUT2D eigenvalue weighted by Crippen LogP contribution is -2.28. The number of nitrogens with one attached hydrogen (secondary N) is 1. The average Bonchev–Trinajstić information content (AvgIpc) is 3.30. The molecule has 1 N–H and O–H groups in total. The highest BCUT2D eigenvalue weighted by Gasteiger charge is 2.27. The van der Waals surface area contributed by atoms with Crippen LogP contribution in [0.1, 0.15) is 74.3 Å². The minimum atomic E-state index is -2.57. The van der Waals surface area contributed by atoms with Gasteiger partial charge in [0.05, 0.1) is 18.5 Å². The van der Waals surface area contributed by atoms with Crippen LogP contribution >= 0.6 is 0 Å². The van der Waals surface area contributed by atoms with Crippen LogP contribution in [0.4, 0.5) is 23.7 Å². The number of nitrogens with zero attached hydrogens (tertiary/aromatic N) is 3. The highest BCUT2D eigenvalue weighted by atomic mass is 19.3. The molecule has 0 bridgehead atoms. The molecule has 1 aromatic carbocycles. The van der Waals surface area contributed by atoms with Crippen LogP contribution < -0.4 is 10.1 Å². The molecule has 1 fully saturated rings. The average molecular weight is 549 g/mol. The van der Waals surface area contributed by atoms with E-state index in [-0.39, 0.29) is 40.3 Å². The number of fused-ring (bicyclic) bond motifs is 1. The normalized spacial score (nSPS) is 15.9. The first kappa shape index (κ1) is 28.3. The number of halogens is 3. The van der Waals surface area contributed by atoms with Crippen LogP contribution in [0, 0.1) is 12.7 Å². The summed E-state index contributed by atoms with van der Waals surface area (Å²) in [6, 6.07) is 3.91. The number of aromatic nitrogens is 3.